The van der Waals surface area contributed by atoms with Gasteiger partial charge in [-0.3, -0.25) is 19.7 Å². The fraction of sp³-hybridized carbons (Fsp3) is 0.457. The first kappa shape index (κ1) is 29.3. The number of piperidine rings is 1. The number of pyridine rings is 3. The minimum atomic E-state index is -0.293. The lowest BCUT2D eigenvalue weighted by molar-refractivity contribution is 0.158. The van der Waals surface area contributed by atoms with Crippen LogP contribution in [0.25, 0.3) is 10.9 Å². The fourth-order valence-corrected chi connectivity index (χ4v) is 6.71. The van der Waals surface area contributed by atoms with E-state index in [1.807, 2.05) is 38.4 Å². The molecule has 43 heavy (non-hydrogen) atoms. The first-order valence-electron chi connectivity index (χ1n) is 15.7. The highest BCUT2D eigenvalue weighted by molar-refractivity contribution is 5.83. The molecule has 0 aliphatic carbocycles. The van der Waals surface area contributed by atoms with Crippen LogP contribution in [-0.2, 0) is 13.1 Å². The number of aliphatic hydroxyl groups is 1. The molecule has 0 saturated carbocycles. The standard InChI is InChI=1S/C35H44N6O2/c1-24(2)41-21-28(35(43)33-10-9-29(17-34(33)41)39-15-12-32(42)23-39)20-40(19-27-11-13-36-26(4)16-27)31-6-5-14-38(22-31)30-8-7-25(3)37-18-30/h7-11,13,16-18,21,24,31-32,42H,5-6,12,14-15,19-20,22-23H2,1-4H3. The van der Waals surface area contributed by atoms with Crippen LogP contribution in [0.15, 0.2) is 65.8 Å². The molecule has 0 bridgehead atoms. The van der Waals surface area contributed by atoms with Crippen molar-refractivity contribution in [2.24, 2.45) is 0 Å². The highest BCUT2D eigenvalue weighted by Gasteiger charge is 2.28. The molecule has 8 nitrogen and oxygen atoms in total. The molecule has 1 N–H and O–H groups in total. The number of aryl methyl sites for hydroxylation is 2. The quantitative estimate of drug-likeness (QED) is 0.306. The molecule has 2 atom stereocenters. The number of aliphatic hydroxyl groups excluding tert-OH is 1. The molecular weight excluding hydrogens is 536 g/mol. The number of β-amino-alcohol motifs (C(OH)–C–C–N with tert-alkyl or cyclic N) is 1. The second kappa shape index (κ2) is 12.5. The molecule has 2 fully saturated rings. The number of aromatic nitrogens is 3. The fourth-order valence-electron chi connectivity index (χ4n) is 6.71. The minimum absolute atomic E-state index is 0.103. The van der Waals surface area contributed by atoms with Crippen molar-refractivity contribution in [3.05, 3.63) is 93.8 Å². The first-order valence-corrected chi connectivity index (χ1v) is 15.7. The summed E-state index contributed by atoms with van der Waals surface area (Å²) in [5.41, 5.74) is 7.34. The van der Waals surface area contributed by atoms with E-state index in [0.717, 1.165) is 84.7 Å². The van der Waals surface area contributed by atoms with E-state index in [4.69, 9.17) is 0 Å². The molecule has 0 spiro atoms. The van der Waals surface area contributed by atoms with E-state index >= 15 is 0 Å². The lowest BCUT2D eigenvalue weighted by Gasteiger charge is -2.40. The normalized spacial score (nSPS) is 19.2. The highest BCUT2D eigenvalue weighted by Crippen LogP contribution is 2.28. The van der Waals surface area contributed by atoms with Crippen molar-refractivity contribution in [1.82, 2.24) is 19.4 Å². The SMILES string of the molecule is Cc1ccc(N2CCCC(N(Cc3ccnc(C)c3)Cc3cn(C(C)C)c4cc(N5CCC(O)C5)ccc4c3=O)C2)cn1. The lowest BCUT2D eigenvalue weighted by Crippen LogP contribution is -2.48. The molecule has 226 valence electrons. The number of fused-ring (bicyclic) bond motifs is 1. The summed E-state index contributed by atoms with van der Waals surface area (Å²) in [6, 6.07) is 15.1. The Bertz CT molecular complexity index is 1630. The maximum Gasteiger partial charge on any atom is 0.193 e. The largest absolute Gasteiger partial charge is 0.391 e. The van der Waals surface area contributed by atoms with Gasteiger partial charge in [-0.05, 0) is 95.0 Å². The van der Waals surface area contributed by atoms with E-state index in [2.05, 4.69) is 79.6 Å². The van der Waals surface area contributed by atoms with Gasteiger partial charge in [-0.2, -0.15) is 0 Å². The summed E-state index contributed by atoms with van der Waals surface area (Å²) < 4.78 is 2.25. The smallest absolute Gasteiger partial charge is 0.193 e. The molecule has 2 aliphatic rings. The maximum absolute atomic E-state index is 14.1. The monoisotopic (exact) mass is 580 g/mol. The third kappa shape index (κ3) is 6.45. The van der Waals surface area contributed by atoms with E-state index in [-0.39, 0.29) is 23.6 Å². The molecule has 6 rings (SSSR count). The first-order chi connectivity index (χ1) is 20.7. The number of hydrogen-bond acceptors (Lipinski definition) is 7. The molecule has 1 aromatic carbocycles. The summed E-state index contributed by atoms with van der Waals surface area (Å²) in [5, 5.41) is 10.8. The van der Waals surface area contributed by atoms with Crippen molar-refractivity contribution in [1.29, 1.82) is 0 Å². The van der Waals surface area contributed by atoms with Crippen LogP contribution in [-0.4, -0.2) is 62.9 Å². The van der Waals surface area contributed by atoms with E-state index in [1.54, 1.807) is 0 Å². The molecular formula is C35H44N6O2. The van der Waals surface area contributed by atoms with Gasteiger partial charge in [0.2, 0.25) is 0 Å². The van der Waals surface area contributed by atoms with Crippen molar-refractivity contribution in [2.45, 2.75) is 78.2 Å². The summed E-state index contributed by atoms with van der Waals surface area (Å²) in [7, 11) is 0. The molecule has 8 heteroatoms. The predicted molar refractivity (Wildman–Crippen MR) is 174 cm³/mol. The van der Waals surface area contributed by atoms with Crippen LogP contribution < -0.4 is 15.2 Å². The summed E-state index contributed by atoms with van der Waals surface area (Å²) in [6.07, 6.45) is 8.61. The van der Waals surface area contributed by atoms with Crippen LogP contribution in [0.4, 0.5) is 11.4 Å². The number of benzene rings is 1. The van der Waals surface area contributed by atoms with Gasteiger partial charge in [0.15, 0.2) is 5.43 Å². The van der Waals surface area contributed by atoms with Gasteiger partial charge >= 0.3 is 0 Å². The van der Waals surface area contributed by atoms with E-state index in [1.165, 1.54) is 5.56 Å². The average Bonchev–Trinajstić information content (AvgIpc) is 3.44. The van der Waals surface area contributed by atoms with Crippen LogP contribution >= 0.6 is 0 Å². The Hall–Kier alpha value is -3.75. The summed E-state index contributed by atoms with van der Waals surface area (Å²) >= 11 is 0. The maximum atomic E-state index is 14.1. The van der Waals surface area contributed by atoms with Crippen molar-refractivity contribution >= 4 is 22.3 Å². The van der Waals surface area contributed by atoms with Gasteiger partial charge in [0.05, 0.1) is 23.5 Å². The second-order valence-corrected chi connectivity index (χ2v) is 12.7. The summed E-state index contributed by atoms with van der Waals surface area (Å²) in [6.45, 7) is 13.1. The number of rotatable bonds is 8. The number of hydrogen-bond donors (Lipinski definition) is 1. The van der Waals surface area contributed by atoms with Crippen molar-refractivity contribution in [3.63, 3.8) is 0 Å². The Morgan fingerprint density at radius 1 is 0.930 bits per heavy atom. The molecule has 4 aromatic rings. The van der Waals surface area contributed by atoms with Crippen LogP contribution in [0.3, 0.4) is 0 Å². The Labute approximate surface area is 254 Å². The van der Waals surface area contributed by atoms with Crippen LogP contribution in [0, 0.1) is 13.8 Å². The van der Waals surface area contributed by atoms with Crippen LogP contribution in [0.2, 0.25) is 0 Å². The van der Waals surface area contributed by atoms with E-state index in [0.29, 0.717) is 13.1 Å². The van der Waals surface area contributed by atoms with Gasteiger partial charge in [-0.25, -0.2) is 0 Å². The van der Waals surface area contributed by atoms with Crippen molar-refractivity contribution < 1.29 is 5.11 Å². The van der Waals surface area contributed by atoms with Gasteiger partial charge in [-0.1, -0.05) is 0 Å². The van der Waals surface area contributed by atoms with Gasteiger partial charge in [0.25, 0.3) is 0 Å². The molecule has 5 heterocycles. The molecule has 2 unspecified atom stereocenters. The second-order valence-electron chi connectivity index (χ2n) is 12.7. The van der Waals surface area contributed by atoms with Gasteiger partial charge in [0.1, 0.15) is 0 Å². The Kier molecular flexibility index (Phi) is 8.50. The van der Waals surface area contributed by atoms with Gasteiger partial charge < -0.3 is 19.5 Å². The topological polar surface area (TPSA) is 77.7 Å². The van der Waals surface area contributed by atoms with Crippen LogP contribution in [0.1, 0.15) is 61.7 Å². The zero-order valence-corrected chi connectivity index (χ0v) is 25.9. The Morgan fingerprint density at radius 3 is 2.47 bits per heavy atom. The summed E-state index contributed by atoms with van der Waals surface area (Å²) in [4.78, 5) is 30.2. The molecule has 3 aromatic heterocycles. The number of anilines is 2. The summed E-state index contributed by atoms with van der Waals surface area (Å²) in [5.74, 6) is 0. The van der Waals surface area contributed by atoms with E-state index < -0.39 is 0 Å². The zero-order chi connectivity index (χ0) is 30.1. The Morgan fingerprint density at radius 2 is 1.74 bits per heavy atom. The van der Waals surface area contributed by atoms with Crippen LogP contribution in [0.5, 0.6) is 0 Å². The Balaban J connectivity index is 1.35. The zero-order valence-electron chi connectivity index (χ0n) is 25.9. The third-order valence-electron chi connectivity index (χ3n) is 9.07. The average molecular weight is 581 g/mol. The van der Waals surface area contributed by atoms with Gasteiger partial charge in [0, 0.05) is 91.8 Å². The highest BCUT2D eigenvalue weighted by atomic mass is 16.3. The van der Waals surface area contributed by atoms with Crippen molar-refractivity contribution in [2.75, 3.05) is 36.0 Å². The predicted octanol–water partition coefficient (Wildman–Crippen LogP) is 5.23. The molecule has 0 amide bonds. The molecule has 2 saturated heterocycles. The minimum Gasteiger partial charge on any atom is -0.391 e. The molecule has 0 radical (unpaired) electrons. The van der Waals surface area contributed by atoms with Crippen molar-refractivity contribution in [3.8, 4) is 0 Å². The van der Waals surface area contributed by atoms with E-state index in [9.17, 15) is 9.90 Å². The third-order valence-corrected chi connectivity index (χ3v) is 9.07. The number of nitrogens with zero attached hydrogens (tertiary/aromatic N) is 6. The molecule has 2 aliphatic heterocycles. The van der Waals surface area contributed by atoms with Gasteiger partial charge in [-0.15, -0.1) is 0 Å². The lowest BCUT2D eigenvalue weighted by atomic mass is 10.0.